The zero-order valence-electron chi connectivity index (χ0n) is 11.7. The van der Waals surface area contributed by atoms with E-state index in [4.69, 9.17) is 4.74 Å². The van der Waals surface area contributed by atoms with Crippen molar-refractivity contribution in [2.24, 2.45) is 0 Å². The van der Waals surface area contributed by atoms with E-state index < -0.39 is 16.6 Å². The first kappa shape index (κ1) is 15.5. The van der Waals surface area contributed by atoms with Gasteiger partial charge in [-0.3, -0.25) is 14.5 Å². The molecule has 10 heteroatoms. The van der Waals surface area contributed by atoms with E-state index in [-0.39, 0.29) is 10.6 Å². The van der Waals surface area contributed by atoms with Crippen LogP contribution in [0, 0.1) is 6.92 Å². The third-order valence-electron chi connectivity index (χ3n) is 2.86. The van der Waals surface area contributed by atoms with Gasteiger partial charge in [0.2, 0.25) is 5.03 Å². The maximum Gasteiger partial charge on any atom is 0.281 e. The Morgan fingerprint density at radius 3 is 2.95 bits per heavy atom. The maximum atomic E-state index is 12.3. The number of sulfonamides is 1. The Kier molecular flexibility index (Phi) is 4.60. The summed E-state index contributed by atoms with van der Waals surface area (Å²) < 4.78 is 33.4. The summed E-state index contributed by atoms with van der Waals surface area (Å²) in [6.45, 7) is 2.22. The molecule has 0 aliphatic carbocycles. The smallest absolute Gasteiger partial charge is 0.281 e. The Hall–Kier alpha value is -1.91. The number of ether oxygens (including phenoxy) is 1. The molecule has 0 radical (unpaired) electrons. The lowest BCUT2D eigenvalue weighted by Gasteiger charge is -2.04. The fourth-order valence-corrected chi connectivity index (χ4v) is 2.99. The molecule has 2 heterocycles. The SMILES string of the molecule is COCCn1cc(NS(=O)(=O)c2n[nH]c(C)c2CO)cn1. The Labute approximate surface area is 122 Å². The van der Waals surface area contributed by atoms with Gasteiger partial charge in [0.25, 0.3) is 10.0 Å². The molecule has 0 saturated heterocycles. The molecular formula is C11H17N5O4S. The number of H-pyrrole nitrogens is 1. The predicted molar refractivity (Wildman–Crippen MR) is 74.2 cm³/mol. The molecule has 116 valence electrons. The number of rotatable bonds is 7. The molecule has 3 N–H and O–H groups in total. The number of aromatic amines is 1. The van der Waals surface area contributed by atoms with Crippen LogP contribution in [0.15, 0.2) is 17.4 Å². The number of methoxy groups -OCH3 is 1. The van der Waals surface area contributed by atoms with Crippen molar-refractivity contribution in [3.63, 3.8) is 0 Å². The van der Waals surface area contributed by atoms with E-state index in [0.29, 0.717) is 24.5 Å². The van der Waals surface area contributed by atoms with Crippen molar-refractivity contribution in [2.75, 3.05) is 18.4 Å². The molecule has 21 heavy (non-hydrogen) atoms. The molecule has 0 aliphatic heterocycles. The van der Waals surface area contributed by atoms with E-state index in [2.05, 4.69) is 20.0 Å². The molecule has 2 rings (SSSR count). The molecule has 0 amide bonds. The summed E-state index contributed by atoms with van der Waals surface area (Å²) in [5.41, 5.74) is 1.07. The van der Waals surface area contributed by atoms with Crippen LogP contribution in [0.2, 0.25) is 0 Å². The van der Waals surface area contributed by atoms with E-state index in [1.54, 1.807) is 24.9 Å². The molecule has 2 aromatic heterocycles. The highest BCUT2D eigenvalue weighted by Crippen LogP contribution is 2.19. The summed E-state index contributed by atoms with van der Waals surface area (Å²) >= 11 is 0. The van der Waals surface area contributed by atoms with Crippen LogP contribution >= 0.6 is 0 Å². The number of aryl methyl sites for hydroxylation is 1. The summed E-state index contributed by atoms with van der Waals surface area (Å²) in [6.07, 6.45) is 2.94. The van der Waals surface area contributed by atoms with Gasteiger partial charge in [-0.1, -0.05) is 0 Å². The third kappa shape index (κ3) is 3.40. The monoisotopic (exact) mass is 315 g/mol. The van der Waals surface area contributed by atoms with Crippen molar-refractivity contribution in [2.45, 2.75) is 25.1 Å². The number of nitrogens with zero attached hydrogens (tertiary/aromatic N) is 3. The fourth-order valence-electron chi connectivity index (χ4n) is 1.77. The molecule has 0 saturated carbocycles. The lowest BCUT2D eigenvalue weighted by atomic mass is 10.3. The Morgan fingerprint density at radius 1 is 1.52 bits per heavy atom. The summed E-state index contributed by atoms with van der Waals surface area (Å²) in [4.78, 5) is 0. The number of hydrogen-bond donors (Lipinski definition) is 3. The molecule has 0 aromatic carbocycles. The van der Waals surface area contributed by atoms with Gasteiger partial charge in [-0.15, -0.1) is 0 Å². The van der Waals surface area contributed by atoms with Gasteiger partial charge in [0, 0.05) is 24.6 Å². The van der Waals surface area contributed by atoms with Crippen LogP contribution < -0.4 is 4.72 Å². The number of aliphatic hydroxyl groups is 1. The molecular weight excluding hydrogens is 298 g/mol. The minimum atomic E-state index is -3.88. The van der Waals surface area contributed by atoms with Crippen LogP contribution in [0.25, 0.3) is 0 Å². The quantitative estimate of drug-likeness (QED) is 0.653. The van der Waals surface area contributed by atoms with Crippen molar-refractivity contribution in [3.05, 3.63) is 23.7 Å². The number of aliphatic hydroxyl groups excluding tert-OH is 1. The van der Waals surface area contributed by atoms with E-state index >= 15 is 0 Å². The molecule has 0 spiro atoms. The summed E-state index contributed by atoms with van der Waals surface area (Å²) in [7, 11) is -2.31. The third-order valence-corrected chi connectivity index (χ3v) is 4.21. The van der Waals surface area contributed by atoms with Gasteiger partial charge in [-0.05, 0) is 6.92 Å². The molecule has 0 bridgehead atoms. The number of anilines is 1. The minimum Gasteiger partial charge on any atom is -0.392 e. The normalized spacial score (nSPS) is 11.8. The van der Waals surface area contributed by atoms with Crippen molar-refractivity contribution in [1.29, 1.82) is 0 Å². The van der Waals surface area contributed by atoms with Crippen molar-refractivity contribution in [1.82, 2.24) is 20.0 Å². The second-order valence-electron chi connectivity index (χ2n) is 4.38. The zero-order chi connectivity index (χ0) is 15.5. The van der Waals surface area contributed by atoms with E-state index in [1.807, 2.05) is 0 Å². The second kappa shape index (κ2) is 6.24. The van der Waals surface area contributed by atoms with Crippen molar-refractivity contribution < 1.29 is 18.3 Å². The first-order chi connectivity index (χ1) is 9.97. The largest absolute Gasteiger partial charge is 0.392 e. The number of aromatic nitrogens is 4. The molecule has 0 atom stereocenters. The maximum absolute atomic E-state index is 12.3. The molecule has 9 nitrogen and oxygen atoms in total. The van der Waals surface area contributed by atoms with Crippen LogP contribution in [-0.2, 0) is 27.9 Å². The average Bonchev–Trinajstić information content (AvgIpc) is 3.02. The zero-order valence-corrected chi connectivity index (χ0v) is 12.5. The van der Waals surface area contributed by atoms with E-state index in [9.17, 15) is 13.5 Å². The van der Waals surface area contributed by atoms with Gasteiger partial charge in [0.05, 0.1) is 31.6 Å². The van der Waals surface area contributed by atoms with Crippen LogP contribution in [0.5, 0.6) is 0 Å². The standard InChI is InChI=1S/C11H17N5O4S/c1-8-10(7-17)11(14-13-8)21(18,19)15-9-5-12-16(6-9)3-4-20-2/h5-6,15,17H,3-4,7H2,1-2H3,(H,13,14). The number of nitrogens with one attached hydrogen (secondary N) is 2. The van der Waals surface area contributed by atoms with E-state index in [1.165, 1.54) is 6.20 Å². The Morgan fingerprint density at radius 2 is 2.29 bits per heavy atom. The van der Waals surface area contributed by atoms with Gasteiger partial charge in [-0.25, -0.2) is 0 Å². The van der Waals surface area contributed by atoms with Gasteiger partial charge in [0.1, 0.15) is 0 Å². The highest BCUT2D eigenvalue weighted by molar-refractivity contribution is 7.92. The van der Waals surface area contributed by atoms with Gasteiger partial charge in [0.15, 0.2) is 0 Å². The molecule has 2 aromatic rings. The van der Waals surface area contributed by atoms with Crippen molar-refractivity contribution in [3.8, 4) is 0 Å². The predicted octanol–water partition coefficient (Wildman–Crippen LogP) is -0.146. The van der Waals surface area contributed by atoms with Crippen LogP contribution in [0.4, 0.5) is 5.69 Å². The second-order valence-corrected chi connectivity index (χ2v) is 5.98. The fraction of sp³-hybridized carbons (Fsp3) is 0.455. The topological polar surface area (TPSA) is 122 Å². The van der Waals surface area contributed by atoms with Gasteiger partial charge >= 0.3 is 0 Å². The van der Waals surface area contributed by atoms with Crippen LogP contribution in [0.3, 0.4) is 0 Å². The average molecular weight is 315 g/mol. The minimum absolute atomic E-state index is 0.216. The van der Waals surface area contributed by atoms with Gasteiger partial charge < -0.3 is 9.84 Å². The van der Waals surface area contributed by atoms with Crippen molar-refractivity contribution >= 4 is 15.7 Å². The lowest BCUT2D eigenvalue weighted by molar-refractivity contribution is 0.183. The summed E-state index contributed by atoms with van der Waals surface area (Å²) in [5.74, 6) is 0. The first-order valence-corrected chi connectivity index (χ1v) is 7.65. The molecule has 0 fully saturated rings. The van der Waals surface area contributed by atoms with Gasteiger partial charge in [-0.2, -0.15) is 18.6 Å². The molecule has 0 aliphatic rings. The number of hydrogen-bond acceptors (Lipinski definition) is 6. The first-order valence-electron chi connectivity index (χ1n) is 6.17. The summed E-state index contributed by atoms with van der Waals surface area (Å²) in [6, 6.07) is 0. The Bertz CT molecular complexity index is 706. The lowest BCUT2D eigenvalue weighted by Crippen LogP contribution is -2.15. The molecule has 0 unspecified atom stereocenters. The summed E-state index contributed by atoms with van der Waals surface area (Å²) in [5, 5.41) is 19.3. The highest BCUT2D eigenvalue weighted by atomic mass is 32.2. The van der Waals surface area contributed by atoms with E-state index in [0.717, 1.165) is 0 Å². The van der Waals surface area contributed by atoms with Crippen LogP contribution in [0.1, 0.15) is 11.3 Å². The highest BCUT2D eigenvalue weighted by Gasteiger charge is 2.24. The Balaban J connectivity index is 2.19. The van der Waals surface area contributed by atoms with Crippen LogP contribution in [-0.4, -0.2) is 47.2 Å².